The lowest BCUT2D eigenvalue weighted by Gasteiger charge is -2.09. The molecule has 37 heavy (non-hydrogen) atoms. The molecule has 1 heterocycles. The van der Waals surface area contributed by atoms with E-state index in [0.717, 1.165) is 22.1 Å². The van der Waals surface area contributed by atoms with Gasteiger partial charge in [-0.3, -0.25) is 4.79 Å². The maximum absolute atomic E-state index is 12.5. The highest BCUT2D eigenvalue weighted by molar-refractivity contribution is 7.14. The molecule has 11 heteroatoms. The van der Waals surface area contributed by atoms with Gasteiger partial charge < -0.3 is 19.9 Å². The first kappa shape index (κ1) is 25.7. The molecule has 4 rings (SSSR count). The molecule has 188 valence electrons. The molecule has 0 bridgehead atoms. The number of hydrazone groups is 1. The molecular weight excluding hydrogens is 516 g/mol. The molecule has 0 aliphatic rings. The van der Waals surface area contributed by atoms with Crippen LogP contribution in [0, 0.1) is 0 Å². The van der Waals surface area contributed by atoms with Gasteiger partial charge in [-0.2, -0.15) is 5.10 Å². The number of hydrogen-bond acceptors (Lipinski definition) is 8. The maximum atomic E-state index is 12.5. The van der Waals surface area contributed by atoms with Crippen LogP contribution >= 0.6 is 22.9 Å². The SMILES string of the molecule is COc1cc(/C=N\NC(=O)c2ccc(-c3csc(Nc4ccc(Cl)cc4)n3)cc2)ccc1OCC(=O)O. The van der Waals surface area contributed by atoms with Crippen molar-refractivity contribution in [1.82, 2.24) is 10.4 Å². The highest BCUT2D eigenvalue weighted by Gasteiger charge is 2.09. The largest absolute Gasteiger partial charge is 0.493 e. The number of aliphatic carboxylic acids is 1. The molecule has 0 saturated heterocycles. The molecule has 0 unspecified atom stereocenters. The Labute approximate surface area is 221 Å². The van der Waals surface area contributed by atoms with Crippen molar-refractivity contribution >= 4 is 51.8 Å². The lowest BCUT2D eigenvalue weighted by atomic mass is 10.1. The summed E-state index contributed by atoms with van der Waals surface area (Å²) in [4.78, 5) is 27.8. The quantitative estimate of drug-likeness (QED) is 0.182. The van der Waals surface area contributed by atoms with Gasteiger partial charge in [-0.15, -0.1) is 11.3 Å². The zero-order valence-electron chi connectivity index (χ0n) is 19.5. The number of carbonyl (C=O) groups is 2. The van der Waals surface area contributed by atoms with Gasteiger partial charge >= 0.3 is 5.97 Å². The number of carboxylic acids is 1. The van der Waals surface area contributed by atoms with Crippen molar-refractivity contribution in [1.29, 1.82) is 0 Å². The molecule has 0 aliphatic carbocycles. The highest BCUT2D eigenvalue weighted by Crippen LogP contribution is 2.29. The van der Waals surface area contributed by atoms with E-state index in [9.17, 15) is 9.59 Å². The first-order valence-electron chi connectivity index (χ1n) is 10.9. The third-order valence-corrected chi connectivity index (χ3v) is 5.97. The molecule has 0 atom stereocenters. The normalized spacial score (nSPS) is 10.8. The second kappa shape index (κ2) is 12.0. The van der Waals surface area contributed by atoms with E-state index in [-0.39, 0.29) is 5.91 Å². The van der Waals surface area contributed by atoms with Crippen molar-refractivity contribution in [3.05, 3.63) is 88.3 Å². The standard InChI is InChI=1S/C26H21ClN4O5S/c1-35-23-12-16(2-11-22(23)36-14-24(32)33)13-28-31-25(34)18-5-3-17(4-6-18)21-15-37-26(30-21)29-20-9-7-19(27)8-10-20/h2-13,15H,14H2,1H3,(H,29,30)(H,31,34)(H,32,33)/b28-13-. The Hall–Kier alpha value is -4.41. The Morgan fingerprint density at radius 1 is 1.08 bits per heavy atom. The maximum Gasteiger partial charge on any atom is 0.341 e. The lowest BCUT2D eigenvalue weighted by molar-refractivity contribution is -0.139. The second-order valence-corrected chi connectivity index (χ2v) is 8.83. The van der Waals surface area contributed by atoms with E-state index in [2.05, 4.69) is 20.8 Å². The Balaban J connectivity index is 1.34. The van der Waals surface area contributed by atoms with E-state index in [4.69, 9.17) is 26.2 Å². The van der Waals surface area contributed by atoms with Crippen molar-refractivity contribution in [2.24, 2.45) is 5.10 Å². The fourth-order valence-electron chi connectivity index (χ4n) is 3.17. The number of amides is 1. The molecule has 0 saturated carbocycles. The first-order chi connectivity index (χ1) is 17.9. The van der Waals surface area contributed by atoms with Crippen LogP contribution in [0.3, 0.4) is 0 Å². The average molecular weight is 537 g/mol. The number of rotatable bonds is 10. The van der Waals surface area contributed by atoms with E-state index >= 15 is 0 Å². The number of carboxylic acid groups (broad SMARTS) is 1. The summed E-state index contributed by atoms with van der Waals surface area (Å²) in [6, 6.07) is 19.2. The smallest absolute Gasteiger partial charge is 0.341 e. The lowest BCUT2D eigenvalue weighted by Crippen LogP contribution is -2.17. The zero-order chi connectivity index (χ0) is 26.2. The number of anilines is 2. The van der Waals surface area contributed by atoms with Crippen LogP contribution in [0.5, 0.6) is 11.5 Å². The Bertz CT molecular complexity index is 1420. The van der Waals surface area contributed by atoms with Gasteiger partial charge in [0, 0.05) is 27.2 Å². The predicted octanol–water partition coefficient (Wildman–Crippen LogP) is 5.44. The van der Waals surface area contributed by atoms with Crippen molar-refractivity contribution < 1.29 is 24.2 Å². The number of thiazole rings is 1. The molecule has 4 aromatic rings. The monoisotopic (exact) mass is 536 g/mol. The fourth-order valence-corrected chi connectivity index (χ4v) is 4.03. The molecule has 1 aromatic heterocycles. The summed E-state index contributed by atoms with van der Waals surface area (Å²) in [5.41, 5.74) is 6.09. The van der Waals surface area contributed by atoms with Crippen LogP contribution in [-0.2, 0) is 4.79 Å². The van der Waals surface area contributed by atoms with E-state index in [1.54, 1.807) is 42.5 Å². The Kier molecular flexibility index (Phi) is 8.34. The minimum absolute atomic E-state index is 0.291. The van der Waals surface area contributed by atoms with E-state index in [1.165, 1.54) is 24.7 Å². The number of carbonyl (C=O) groups excluding carboxylic acids is 1. The van der Waals surface area contributed by atoms with Crippen LogP contribution < -0.4 is 20.2 Å². The van der Waals surface area contributed by atoms with Gasteiger partial charge in [0.2, 0.25) is 0 Å². The minimum Gasteiger partial charge on any atom is -0.493 e. The molecule has 0 spiro atoms. The molecule has 9 nitrogen and oxygen atoms in total. The molecule has 3 aromatic carbocycles. The molecule has 0 aliphatic heterocycles. The number of aromatic nitrogens is 1. The molecule has 0 fully saturated rings. The van der Waals surface area contributed by atoms with Crippen molar-refractivity contribution in [3.8, 4) is 22.8 Å². The van der Waals surface area contributed by atoms with Crippen LogP contribution in [0.25, 0.3) is 11.3 Å². The summed E-state index contributed by atoms with van der Waals surface area (Å²) in [6.07, 6.45) is 1.44. The summed E-state index contributed by atoms with van der Waals surface area (Å²) in [7, 11) is 1.44. The van der Waals surface area contributed by atoms with Crippen LogP contribution in [0.2, 0.25) is 5.02 Å². The van der Waals surface area contributed by atoms with Crippen molar-refractivity contribution in [2.75, 3.05) is 19.0 Å². The van der Waals surface area contributed by atoms with Crippen molar-refractivity contribution in [3.63, 3.8) is 0 Å². The molecule has 3 N–H and O–H groups in total. The van der Waals surface area contributed by atoms with Crippen LogP contribution in [-0.4, -0.2) is 41.9 Å². The number of halogens is 1. The van der Waals surface area contributed by atoms with E-state index < -0.39 is 12.6 Å². The van der Waals surface area contributed by atoms with Gasteiger partial charge in [-0.25, -0.2) is 15.2 Å². The van der Waals surface area contributed by atoms with Gasteiger partial charge in [0.15, 0.2) is 23.2 Å². The van der Waals surface area contributed by atoms with Gasteiger partial charge in [0.25, 0.3) is 5.91 Å². The van der Waals surface area contributed by atoms with Crippen LogP contribution in [0.1, 0.15) is 15.9 Å². The van der Waals surface area contributed by atoms with E-state index in [1.807, 2.05) is 29.6 Å². The summed E-state index contributed by atoms with van der Waals surface area (Å²) >= 11 is 7.40. The number of benzene rings is 3. The molecular formula is C26H21ClN4O5S. The molecule has 0 radical (unpaired) electrons. The third kappa shape index (κ3) is 7.06. The summed E-state index contributed by atoms with van der Waals surface area (Å²) in [5.74, 6) is -0.828. The molecule has 1 amide bonds. The van der Waals surface area contributed by atoms with E-state index in [0.29, 0.717) is 27.6 Å². The Morgan fingerprint density at radius 3 is 2.54 bits per heavy atom. The topological polar surface area (TPSA) is 122 Å². The van der Waals surface area contributed by atoms with Crippen molar-refractivity contribution in [2.45, 2.75) is 0 Å². The highest BCUT2D eigenvalue weighted by atomic mass is 35.5. The summed E-state index contributed by atoms with van der Waals surface area (Å²) in [5, 5.41) is 19.3. The predicted molar refractivity (Wildman–Crippen MR) is 143 cm³/mol. The number of methoxy groups -OCH3 is 1. The average Bonchev–Trinajstić information content (AvgIpc) is 3.37. The number of hydrogen-bond donors (Lipinski definition) is 3. The van der Waals surface area contributed by atoms with Gasteiger partial charge in [0.05, 0.1) is 19.0 Å². The third-order valence-electron chi connectivity index (χ3n) is 4.96. The van der Waals surface area contributed by atoms with Crippen LogP contribution in [0.15, 0.2) is 77.2 Å². The van der Waals surface area contributed by atoms with Gasteiger partial charge in [-0.1, -0.05) is 23.7 Å². The first-order valence-corrected chi connectivity index (χ1v) is 12.1. The van der Waals surface area contributed by atoms with Crippen LogP contribution in [0.4, 0.5) is 10.8 Å². The number of nitrogens with zero attached hydrogens (tertiary/aromatic N) is 2. The van der Waals surface area contributed by atoms with Gasteiger partial charge in [-0.05, 0) is 60.2 Å². The zero-order valence-corrected chi connectivity index (χ0v) is 21.0. The minimum atomic E-state index is -1.09. The summed E-state index contributed by atoms with van der Waals surface area (Å²) in [6.45, 7) is -0.484. The second-order valence-electron chi connectivity index (χ2n) is 7.54. The fraction of sp³-hybridized carbons (Fsp3) is 0.0769. The summed E-state index contributed by atoms with van der Waals surface area (Å²) < 4.78 is 10.4. The number of ether oxygens (including phenoxy) is 2. The number of nitrogens with one attached hydrogen (secondary N) is 2. The van der Waals surface area contributed by atoms with Gasteiger partial charge in [0.1, 0.15) is 0 Å². The Morgan fingerprint density at radius 2 is 1.84 bits per heavy atom.